The Bertz CT molecular complexity index is 313. The van der Waals surface area contributed by atoms with E-state index in [1.807, 2.05) is 6.08 Å². The van der Waals surface area contributed by atoms with Crippen LogP contribution in [0.5, 0.6) is 0 Å². The molecule has 0 amide bonds. The van der Waals surface area contributed by atoms with Gasteiger partial charge in [0, 0.05) is 0 Å². The molecule has 70 valence electrons. The molecule has 1 aliphatic rings. The molecular weight excluding hydrogens is 283 g/mol. The van der Waals surface area contributed by atoms with Crippen molar-refractivity contribution in [1.29, 1.82) is 0 Å². The first kappa shape index (κ1) is 10.0. The van der Waals surface area contributed by atoms with E-state index in [2.05, 4.69) is 6.58 Å². The van der Waals surface area contributed by atoms with Crippen LogP contribution in [0.15, 0.2) is 46.3 Å². The summed E-state index contributed by atoms with van der Waals surface area (Å²) in [6.07, 6.45) is 7.52. The predicted octanol–water partition coefficient (Wildman–Crippen LogP) is -1.38. The van der Waals surface area contributed by atoms with Crippen LogP contribution in [-0.2, 0) is 7.86 Å². The summed E-state index contributed by atoms with van der Waals surface area (Å²) in [7, 11) is 0. The van der Waals surface area contributed by atoms with Gasteiger partial charge in [-0.1, -0.05) is 0 Å². The zero-order valence-corrected chi connectivity index (χ0v) is 8.89. The Labute approximate surface area is 86.9 Å². The minimum absolute atomic E-state index is 0.400. The van der Waals surface area contributed by atoms with Crippen LogP contribution in [0.4, 0.5) is 0 Å². The average Bonchev–Trinajstić information content (AvgIpc) is 2.61. The zero-order chi connectivity index (χ0) is 9.68. The Kier molecular flexibility index (Phi) is 3.75. The van der Waals surface area contributed by atoms with E-state index in [1.165, 1.54) is 0 Å². The summed E-state index contributed by atoms with van der Waals surface area (Å²) in [5.41, 5.74) is 0.726. The van der Waals surface area contributed by atoms with Crippen molar-refractivity contribution in [2.24, 2.45) is 0 Å². The fraction of sp³-hybridized carbons (Fsp3) is 0. The third-order valence-electron chi connectivity index (χ3n) is 1.26. The molecule has 1 rings (SSSR count). The van der Waals surface area contributed by atoms with Crippen molar-refractivity contribution >= 4 is 5.97 Å². The first-order chi connectivity index (χ1) is 6.26. The van der Waals surface area contributed by atoms with E-state index in [1.54, 1.807) is 12.2 Å². The second-order valence-electron chi connectivity index (χ2n) is 2.17. The average molecular weight is 291 g/mol. The Hall–Kier alpha value is -1.04. The first-order valence-electron chi connectivity index (χ1n) is 3.48. The fourth-order valence-corrected chi connectivity index (χ4v) is 2.14. The van der Waals surface area contributed by atoms with Crippen LogP contribution in [0.3, 0.4) is 0 Å². The van der Waals surface area contributed by atoms with Crippen LogP contribution in [-0.4, -0.2) is 11.1 Å². The molecule has 0 fully saturated rings. The molecule has 4 heteroatoms. The van der Waals surface area contributed by atoms with Gasteiger partial charge in [0.05, 0.1) is 0 Å². The normalized spacial score (nSPS) is 17.5. The van der Waals surface area contributed by atoms with Crippen molar-refractivity contribution in [2.75, 3.05) is 0 Å². The molecule has 0 unspecified atom stereocenters. The van der Waals surface area contributed by atoms with Gasteiger partial charge in [0.15, 0.2) is 0 Å². The van der Waals surface area contributed by atoms with Gasteiger partial charge >= 0.3 is 86.9 Å². The number of halogens is 1. The van der Waals surface area contributed by atoms with Crippen LogP contribution < -0.4 is 21.6 Å². The molecule has 0 radical (unpaired) electrons. The summed E-state index contributed by atoms with van der Waals surface area (Å²) < 4.78 is 5.85. The number of allylic oxidation sites excluding steroid dienone is 5. The molecule has 1 aliphatic carbocycles. The van der Waals surface area contributed by atoms with Crippen LogP contribution in [0.2, 0.25) is 0 Å². The van der Waals surface area contributed by atoms with Gasteiger partial charge in [-0.15, -0.1) is 0 Å². The van der Waals surface area contributed by atoms with Crippen LogP contribution >= 0.6 is 0 Å². The molecule has 3 nitrogen and oxygen atoms in total. The van der Waals surface area contributed by atoms with E-state index < -0.39 is 27.6 Å². The van der Waals surface area contributed by atoms with Gasteiger partial charge in [0.2, 0.25) is 0 Å². The molecule has 1 N–H and O–H groups in total. The van der Waals surface area contributed by atoms with Crippen molar-refractivity contribution in [2.45, 2.75) is 0 Å². The van der Waals surface area contributed by atoms with Gasteiger partial charge < -0.3 is 0 Å². The summed E-state index contributed by atoms with van der Waals surface area (Å²) in [6, 6.07) is 0. The summed E-state index contributed by atoms with van der Waals surface area (Å²) in [5.74, 6) is -0.400. The zero-order valence-electron chi connectivity index (χ0n) is 6.74. The van der Waals surface area contributed by atoms with Crippen molar-refractivity contribution in [3.8, 4) is 0 Å². The maximum atomic E-state index is 10.7. The molecule has 0 spiro atoms. The second kappa shape index (κ2) is 4.86. The summed E-state index contributed by atoms with van der Waals surface area (Å²) in [5, 5.41) is 8.64. The number of carbonyl (C=O) groups is 1. The SMILES string of the molecule is C=CC(=O)O[I-]C1=C/C(=C\O)C=C1. The van der Waals surface area contributed by atoms with E-state index in [0.29, 0.717) is 0 Å². The molecular formula is C9H8IO3-. The van der Waals surface area contributed by atoms with Gasteiger partial charge in [-0.2, -0.15) is 0 Å². The Morgan fingerprint density at radius 2 is 2.38 bits per heavy atom. The van der Waals surface area contributed by atoms with Crippen molar-refractivity contribution < 1.29 is 34.6 Å². The molecule has 0 saturated heterocycles. The molecule has 0 aromatic carbocycles. The maximum absolute atomic E-state index is 10.7. The third-order valence-corrected chi connectivity index (χ3v) is 3.09. The topological polar surface area (TPSA) is 46.5 Å². The minimum atomic E-state index is -0.757. The molecule has 0 atom stereocenters. The summed E-state index contributed by atoms with van der Waals surface area (Å²) in [4.78, 5) is 10.7. The Morgan fingerprint density at radius 3 is 2.92 bits per heavy atom. The van der Waals surface area contributed by atoms with E-state index in [-0.39, 0.29) is 0 Å². The Morgan fingerprint density at radius 1 is 1.62 bits per heavy atom. The van der Waals surface area contributed by atoms with Gasteiger partial charge in [-0.3, -0.25) is 0 Å². The second-order valence-corrected chi connectivity index (χ2v) is 4.30. The standard InChI is InChI=1S/C9H8IO3/c1-2-9(12)13-10-8-4-3-7(5-8)6-11/h2-6,11H,1H2/q-1/b7-6-. The molecule has 13 heavy (non-hydrogen) atoms. The number of carbonyl (C=O) groups excluding carboxylic acids is 1. The van der Waals surface area contributed by atoms with Crippen molar-refractivity contribution in [3.63, 3.8) is 0 Å². The number of hydrogen-bond acceptors (Lipinski definition) is 3. The van der Waals surface area contributed by atoms with Crippen LogP contribution in [0.1, 0.15) is 0 Å². The molecule has 0 aromatic heterocycles. The third kappa shape index (κ3) is 3.06. The number of aliphatic hydroxyl groups excluding tert-OH is 1. The Balaban J connectivity index is 2.45. The first-order valence-corrected chi connectivity index (χ1v) is 5.44. The van der Waals surface area contributed by atoms with Crippen molar-refractivity contribution in [3.05, 3.63) is 46.3 Å². The summed E-state index contributed by atoms with van der Waals surface area (Å²) >= 11 is -0.757. The van der Waals surface area contributed by atoms with Gasteiger partial charge in [-0.25, -0.2) is 0 Å². The number of hydrogen-bond donors (Lipinski definition) is 1. The van der Waals surface area contributed by atoms with Gasteiger partial charge in [0.1, 0.15) is 0 Å². The predicted molar refractivity (Wildman–Crippen MR) is 44.2 cm³/mol. The van der Waals surface area contributed by atoms with Gasteiger partial charge in [-0.05, 0) is 0 Å². The quantitative estimate of drug-likeness (QED) is 0.396. The van der Waals surface area contributed by atoms with E-state index in [9.17, 15) is 4.79 Å². The molecule has 0 aliphatic heterocycles. The molecule has 0 saturated carbocycles. The summed E-state index contributed by atoms with van der Waals surface area (Å²) in [6.45, 7) is 3.29. The number of rotatable bonds is 3. The van der Waals surface area contributed by atoms with Crippen LogP contribution in [0.25, 0.3) is 0 Å². The van der Waals surface area contributed by atoms with E-state index in [0.717, 1.165) is 21.5 Å². The monoisotopic (exact) mass is 291 g/mol. The number of aliphatic hydroxyl groups is 1. The molecule has 0 heterocycles. The van der Waals surface area contributed by atoms with Crippen LogP contribution in [0, 0.1) is 0 Å². The van der Waals surface area contributed by atoms with E-state index in [4.69, 9.17) is 8.17 Å². The molecule has 0 aromatic rings. The fourth-order valence-electron chi connectivity index (χ4n) is 0.674. The van der Waals surface area contributed by atoms with Crippen molar-refractivity contribution in [1.82, 2.24) is 0 Å². The van der Waals surface area contributed by atoms with E-state index >= 15 is 0 Å². The van der Waals surface area contributed by atoms with Gasteiger partial charge in [0.25, 0.3) is 0 Å². The molecule has 0 bridgehead atoms.